The van der Waals surface area contributed by atoms with Gasteiger partial charge in [0.2, 0.25) is 0 Å². The van der Waals surface area contributed by atoms with Gasteiger partial charge in [-0.3, -0.25) is 9.89 Å². The molecule has 1 aromatic heterocycles. The lowest BCUT2D eigenvalue weighted by atomic mass is 10.1. The van der Waals surface area contributed by atoms with Crippen LogP contribution in [0.2, 0.25) is 5.02 Å². The van der Waals surface area contributed by atoms with Crippen molar-refractivity contribution < 1.29 is 14.7 Å². The number of halogens is 1. The predicted molar refractivity (Wildman–Crippen MR) is 65.0 cm³/mol. The highest BCUT2D eigenvalue weighted by molar-refractivity contribution is 6.34. The van der Waals surface area contributed by atoms with Gasteiger partial charge >= 0.3 is 5.97 Å². The first-order chi connectivity index (χ1) is 8.59. The van der Waals surface area contributed by atoms with Crippen molar-refractivity contribution in [1.29, 1.82) is 0 Å². The van der Waals surface area contributed by atoms with Gasteiger partial charge in [-0.25, -0.2) is 4.79 Å². The minimum absolute atomic E-state index is 0.0601. The van der Waals surface area contributed by atoms with Gasteiger partial charge in [0.1, 0.15) is 11.3 Å². The number of hydrogen-bond acceptors (Lipinski definition) is 3. The zero-order valence-electron chi connectivity index (χ0n) is 8.98. The lowest BCUT2D eigenvalue weighted by molar-refractivity contribution is 0.0698. The van der Waals surface area contributed by atoms with Crippen LogP contribution < -0.4 is 5.32 Å². The lowest BCUT2D eigenvalue weighted by Crippen LogP contribution is -2.15. The fourth-order valence-electron chi connectivity index (χ4n) is 1.42. The summed E-state index contributed by atoms with van der Waals surface area (Å²) in [5.74, 6) is -1.70. The molecule has 0 bridgehead atoms. The monoisotopic (exact) mass is 265 g/mol. The van der Waals surface area contributed by atoms with Crippen LogP contribution in [-0.2, 0) is 0 Å². The average molecular weight is 266 g/mol. The number of nitrogens with one attached hydrogen (secondary N) is 2. The number of carbonyl (C=O) groups is 2. The molecule has 92 valence electrons. The normalized spacial score (nSPS) is 10.1. The second-order valence-electron chi connectivity index (χ2n) is 3.39. The fraction of sp³-hybridized carbons (Fsp3) is 0. The molecule has 1 aromatic carbocycles. The van der Waals surface area contributed by atoms with Crippen LogP contribution >= 0.6 is 11.6 Å². The number of H-pyrrole nitrogens is 1. The van der Waals surface area contributed by atoms with Crippen LogP contribution in [-0.4, -0.2) is 27.2 Å². The van der Waals surface area contributed by atoms with E-state index in [1.54, 1.807) is 6.07 Å². The van der Waals surface area contributed by atoms with Crippen molar-refractivity contribution >= 4 is 29.2 Å². The maximum absolute atomic E-state index is 11.7. The van der Waals surface area contributed by atoms with Crippen LogP contribution in [0.1, 0.15) is 20.8 Å². The van der Waals surface area contributed by atoms with Crippen LogP contribution in [0.15, 0.2) is 30.5 Å². The van der Waals surface area contributed by atoms with Gasteiger partial charge in [-0.2, -0.15) is 5.10 Å². The van der Waals surface area contributed by atoms with E-state index in [0.29, 0.717) is 0 Å². The van der Waals surface area contributed by atoms with Crippen molar-refractivity contribution in [2.45, 2.75) is 0 Å². The van der Waals surface area contributed by atoms with Gasteiger partial charge in [0.15, 0.2) is 0 Å². The van der Waals surface area contributed by atoms with E-state index in [9.17, 15) is 9.59 Å². The van der Waals surface area contributed by atoms with Gasteiger partial charge in [-0.15, -0.1) is 0 Å². The van der Waals surface area contributed by atoms with Crippen molar-refractivity contribution in [2.75, 3.05) is 5.32 Å². The number of carbonyl (C=O) groups excluding carboxylic acids is 1. The van der Waals surface area contributed by atoms with E-state index in [0.717, 1.165) is 0 Å². The van der Waals surface area contributed by atoms with Gasteiger partial charge < -0.3 is 10.4 Å². The second-order valence-corrected chi connectivity index (χ2v) is 3.80. The highest BCUT2D eigenvalue weighted by Gasteiger charge is 2.17. The highest BCUT2D eigenvalue weighted by atomic mass is 35.5. The van der Waals surface area contributed by atoms with Crippen LogP contribution in [0.5, 0.6) is 0 Å². The molecule has 0 aliphatic carbocycles. The zero-order valence-corrected chi connectivity index (χ0v) is 9.73. The number of aromatic nitrogens is 2. The van der Waals surface area contributed by atoms with E-state index < -0.39 is 11.9 Å². The van der Waals surface area contributed by atoms with Crippen LogP contribution in [0, 0.1) is 0 Å². The van der Waals surface area contributed by atoms with E-state index in [4.69, 9.17) is 16.7 Å². The summed E-state index contributed by atoms with van der Waals surface area (Å²) in [7, 11) is 0. The van der Waals surface area contributed by atoms with Crippen LogP contribution in [0.4, 0.5) is 5.69 Å². The van der Waals surface area contributed by atoms with Gasteiger partial charge in [0.05, 0.1) is 10.7 Å². The molecule has 0 aliphatic heterocycles. The van der Waals surface area contributed by atoms with E-state index >= 15 is 0 Å². The standard InChI is InChI=1S/C11H8ClN3O3/c12-6-2-1-3-7(9(6)11(17)18)14-10(16)8-4-5-13-15-8/h1-5H,(H,13,15)(H,14,16)(H,17,18). The van der Waals surface area contributed by atoms with E-state index in [2.05, 4.69) is 15.5 Å². The average Bonchev–Trinajstić information content (AvgIpc) is 2.81. The fourth-order valence-corrected chi connectivity index (χ4v) is 1.67. The van der Waals surface area contributed by atoms with Crippen LogP contribution in [0.3, 0.4) is 0 Å². The smallest absolute Gasteiger partial charge is 0.339 e. The summed E-state index contributed by atoms with van der Waals surface area (Å²) >= 11 is 5.78. The molecular weight excluding hydrogens is 258 g/mol. The summed E-state index contributed by atoms with van der Waals surface area (Å²) in [6, 6.07) is 5.93. The quantitative estimate of drug-likeness (QED) is 0.791. The van der Waals surface area contributed by atoms with Gasteiger partial charge in [0.25, 0.3) is 5.91 Å². The Morgan fingerprint density at radius 3 is 2.72 bits per heavy atom. The Morgan fingerprint density at radius 2 is 2.11 bits per heavy atom. The Morgan fingerprint density at radius 1 is 1.33 bits per heavy atom. The molecule has 2 aromatic rings. The van der Waals surface area contributed by atoms with Crippen molar-refractivity contribution in [3.05, 3.63) is 46.7 Å². The van der Waals surface area contributed by atoms with E-state index in [-0.39, 0.29) is 22.0 Å². The third kappa shape index (κ3) is 2.33. The SMILES string of the molecule is O=C(Nc1cccc(Cl)c1C(=O)O)c1ccn[nH]1. The Bertz CT molecular complexity index is 596. The molecule has 1 heterocycles. The molecule has 18 heavy (non-hydrogen) atoms. The molecule has 7 heteroatoms. The summed E-state index contributed by atoms with van der Waals surface area (Å²) in [5, 5.41) is 17.7. The maximum Gasteiger partial charge on any atom is 0.339 e. The molecule has 0 fully saturated rings. The summed E-state index contributed by atoms with van der Waals surface area (Å²) in [5.41, 5.74) is 0.216. The minimum atomic E-state index is -1.21. The summed E-state index contributed by atoms with van der Waals surface area (Å²) < 4.78 is 0. The van der Waals surface area contributed by atoms with E-state index in [1.165, 1.54) is 24.4 Å². The first-order valence-electron chi connectivity index (χ1n) is 4.92. The molecule has 2 rings (SSSR count). The van der Waals surface area contributed by atoms with Gasteiger partial charge in [-0.05, 0) is 18.2 Å². The topological polar surface area (TPSA) is 95.1 Å². The summed E-state index contributed by atoms with van der Waals surface area (Å²) in [6.07, 6.45) is 1.42. The van der Waals surface area contributed by atoms with Crippen molar-refractivity contribution in [1.82, 2.24) is 10.2 Å². The molecule has 0 spiro atoms. The molecule has 0 saturated heterocycles. The molecule has 0 unspecified atom stereocenters. The number of carboxylic acids is 1. The number of nitrogens with zero attached hydrogens (tertiary/aromatic N) is 1. The second kappa shape index (κ2) is 4.89. The maximum atomic E-state index is 11.7. The minimum Gasteiger partial charge on any atom is -0.478 e. The molecule has 3 N–H and O–H groups in total. The Balaban J connectivity index is 2.32. The molecule has 1 amide bonds. The predicted octanol–water partition coefficient (Wildman–Crippen LogP) is 2.01. The number of rotatable bonds is 3. The Labute approximate surface area is 107 Å². The largest absolute Gasteiger partial charge is 0.478 e. The summed E-state index contributed by atoms with van der Waals surface area (Å²) in [6.45, 7) is 0. The third-order valence-corrected chi connectivity index (χ3v) is 2.54. The number of aromatic amines is 1. The van der Waals surface area contributed by atoms with Crippen molar-refractivity contribution in [2.24, 2.45) is 0 Å². The third-order valence-electron chi connectivity index (χ3n) is 2.22. The molecule has 0 radical (unpaired) electrons. The molecule has 6 nitrogen and oxygen atoms in total. The molecule has 0 atom stereocenters. The van der Waals surface area contributed by atoms with Gasteiger partial charge in [0, 0.05) is 6.20 Å². The van der Waals surface area contributed by atoms with E-state index in [1.807, 2.05) is 0 Å². The Hall–Kier alpha value is -2.34. The van der Waals surface area contributed by atoms with Gasteiger partial charge in [-0.1, -0.05) is 17.7 Å². The Kier molecular flexibility index (Phi) is 3.29. The lowest BCUT2D eigenvalue weighted by Gasteiger charge is -2.08. The number of amides is 1. The van der Waals surface area contributed by atoms with Crippen molar-refractivity contribution in [3.63, 3.8) is 0 Å². The number of anilines is 1. The molecule has 0 saturated carbocycles. The number of benzene rings is 1. The molecular formula is C11H8ClN3O3. The number of aromatic carboxylic acids is 1. The number of hydrogen-bond donors (Lipinski definition) is 3. The van der Waals surface area contributed by atoms with Crippen molar-refractivity contribution in [3.8, 4) is 0 Å². The molecule has 0 aliphatic rings. The summed E-state index contributed by atoms with van der Waals surface area (Å²) in [4.78, 5) is 22.8. The highest BCUT2D eigenvalue weighted by Crippen LogP contribution is 2.24. The first kappa shape index (κ1) is 12.1. The first-order valence-corrected chi connectivity index (χ1v) is 5.30. The van der Waals surface area contributed by atoms with Crippen LogP contribution in [0.25, 0.3) is 0 Å². The zero-order chi connectivity index (χ0) is 13.1. The number of carboxylic acid groups (broad SMARTS) is 1.